The van der Waals surface area contributed by atoms with Gasteiger partial charge in [0.15, 0.2) is 0 Å². The zero-order valence-electron chi connectivity index (χ0n) is 7.13. The molecule has 13 heavy (non-hydrogen) atoms. The maximum atomic E-state index is 8.77. The van der Waals surface area contributed by atoms with Gasteiger partial charge in [-0.25, -0.2) is 4.79 Å². The van der Waals surface area contributed by atoms with Crippen molar-refractivity contribution in [1.82, 2.24) is 0 Å². The van der Waals surface area contributed by atoms with Crippen molar-refractivity contribution in [1.29, 1.82) is 0 Å². The van der Waals surface area contributed by atoms with Gasteiger partial charge in [-0.1, -0.05) is 32.4 Å². The Hall–Kier alpha value is -0.500. The van der Waals surface area contributed by atoms with Gasteiger partial charge in [0.1, 0.15) is 0 Å². The Kier molecular flexibility index (Phi) is 13.3. The fourth-order valence-corrected chi connectivity index (χ4v) is 1.11. The summed E-state index contributed by atoms with van der Waals surface area (Å²) in [5, 5.41) is 7.18. The van der Waals surface area contributed by atoms with Crippen molar-refractivity contribution in [3.8, 4) is 0 Å². The van der Waals surface area contributed by atoms with Crippen molar-refractivity contribution in [3.05, 3.63) is 12.2 Å². The van der Waals surface area contributed by atoms with Gasteiger partial charge in [-0.2, -0.15) is 0 Å². The van der Waals surface area contributed by atoms with Crippen LogP contribution < -0.4 is 0 Å². The summed E-state index contributed by atoms with van der Waals surface area (Å²) in [6.07, 6.45) is 13.0. The second kappa shape index (κ2) is 11.5. The smallest absolute Gasteiger partial charge is 0.401 e. The SMILES string of the molecule is C.C1=C/CCCCCC/1.O=C(O)Cl. The lowest BCUT2D eigenvalue weighted by Gasteiger charge is -2.00. The van der Waals surface area contributed by atoms with Crippen molar-refractivity contribution < 1.29 is 9.90 Å². The molecule has 0 aromatic heterocycles. The van der Waals surface area contributed by atoms with Crippen LogP contribution in [0.5, 0.6) is 0 Å². The van der Waals surface area contributed by atoms with E-state index in [0.717, 1.165) is 0 Å². The number of hydrogen-bond donors (Lipinski definition) is 1. The molecular formula is C10H19ClO2. The number of halogens is 1. The van der Waals surface area contributed by atoms with E-state index in [9.17, 15) is 0 Å². The predicted octanol–water partition coefficient (Wildman–Crippen LogP) is 4.44. The van der Waals surface area contributed by atoms with Gasteiger partial charge in [-0.3, -0.25) is 0 Å². The largest absolute Gasteiger partial charge is 0.469 e. The lowest BCUT2D eigenvalue weighted by atomic mass is 10.1. The van der Waals surface area contributed by atoms with E-state index in [1.807, 2.05) is 0 Å². The Labute approximate surface area is 85.6 Å². The highest BCUT2D eigenvalue weighted by molar-refractivity contribution is 6.60. The normalized spacial score (nSPS) is 17.9. The zero-order chi connectivity index (χ0) is 9.23. The molecule has 2 nitrogen and oxygen atoms in total. The average molecular weight is 207 g/mol. The van der Waals surface area contributed by atoms with Crippen molar-refractivity contribution in [2.75, 3.05) is 0 Å². The van der Waals surface area contributed by atoms with Gasteiger partial charge >= 0.3 is 5.43 Å². The summed E-state index contributed by atoms with van der Waals surface area (Å²) in [5.41, 5.74) is -1.36. The molecule has 0 fully saturated rings. The van der Waals surface area contributed by atoms with Gasteiger partial charge in [-0.05, 0) is 25.7 Å². The Morgan fingerprint density at radius 2 is 1.38 bits per heavy atom. The molecule has 0 atom stereocenters. The summed E-state index contributed by atoms with van der Waals surface area (Å²) in [4.78, 5) is 8.77. The van der Waals surface area contributed by atoms with E-state index in [1.165, 1.54) is 38.5 Å². The first kappa shape index (κ1) is 15.0. The third-order valence-electron chi connectivity index (χ3n) is 1.66. The third kappa shape index (κ3) is 18.5. The molecule has 0 aliphatic heterocycles. The fraction of sp³-hybridized carbons (Fsp3) is 0.700. The van der Waals surface area contributed by atoms with Gasteiger partial charge in [0.25, 0.3) is 0 Å². The van der Waals surface area contributed by atoms with Crippen LogP contribution >= 0.6 is 11.6 Å². The molecule has 0 radical (unpaired) electrons. The topological polar surface area (TPSA) is 37.3 Å². The van der Waals surface area contributed by atoms with Crippen LogP contribution in [0.3, 0.4) is 0 Å². The molecule has 78 valence electrons. The van der Waals surface area contributed by atoms with Gasteiger partial charge < -0.3 is 5.11 Å². The fourth-order valence-electron chi connectivity index (χ4n) is 1.11. The number of carbonyl (C=O) groups is 1. The number of carboxylic acid groups (broad SMARTS) is 1. The van der Waals surface area contributed by atoms with Crippen LogP contribution in [0.4, 0.5) is 4.79 Å². The quantitative estimate of drug-likeness (QED) is 0.470. The van der Waals surface area contributed by atoms with Crippen LogP contribution in [-0.4, -0.2) is 10.5 Å². The maximum absolute atomic E-state index is 8.77. The van der Waals surface area contributed by atoms with Crippen LogP contribution in [0.1, 0.15) is 46.0 Å². The Bertz CT molecular complexity index is 130. The van der Waals surface area contributed by atoms with Crippen LogP contribution in [-0.2, 0) is 0 Å². The van der Waals surface area contributed by atoms with Crippen molar-refractivity contribution in [2.45, 2.75) is 46.0 Å². The summed E-state index contributed by atoms with van der Waals surface area (Å²) in [6.45, 7) is 0. The molecule has 0 saturated carbocycles. The molecule has 1 aliphatic carbocycles. The molecule has 3 heteroatoms. The Morgan fingerprint density at radius 3 is 1.69 bits per heavy atom. The van der Waals surface area contributed by atoms with Gasteiger partial charge in [0.2, 0.25) is 0 Å². The molecule has 1 N–H and O–H groups in total. The number of hydrogen-bond acceptors (Lipinski definition) is 1. The van der Waals surface area contributed by atoms with Gasteiger partial charge in [-0.15, -0.1) is 0 Å². The first-order chi connectivity index (χ1) is 5.73. The van der Waals surface area contributed by atoms with Crippen LogP contribution in [0.15, 0.2) is 12.2 Å². The second-order valence-corrected chi connectivity index (χ2v) is 3.04. The molecule has 0 unspecified atom stereocenters. The lowest BCUT2D eigenvalue weighted by molar-refractivity contribution is 0.220. The molecule has 0 spiro atoms. The van der Waals surface area contributed by atoms with Crippen molar-refractivity contribution in [3.63, 3.8) is 0 Å². The Morgan fingerprint density at radius 1 is 1.08 bits per heavy atom. The van der Waals surface area contributed by atoms with Gasteiger partial charge in [0, 0.05) is 11.6 Å². The minimum absolute atomic E-state index is 0. The van der Waals surface area contributed by atoms with Gasteiger partial charge in [0.05, 0.1) is 0 Å². The number of allylic oxidation sites excluding steroid dienone is 2. The third-order valence-corrected chi connectivity index (χ3v) is 1.66. The molecule has 0 amide bonds. The Balaban J connectivity index is 0. The van der Waals surface area contributed by atoms with E-state index < -0.39 is 5.43 Å². The summed E-state index contributed by atoms with van der Waals surface area (Å²) >= 11 is 4.19. The van der Waals surface area contributed by atoms with E-state index in [1.54, 1.807) is 0 Å². The first-order valence-corrected chi connectivity index (χ1v) is 4.64. The van der Waals surface area contributed by atoms with Crippen molar-refractivity contribution >= 4 is 17.0 Å². The van der Waals surface area contributed by atoms with Crippen LogP contribution in [0.25, 0.3) is 0 Å². The summed E-state index contributed by atoms with van der Waals surface area (Å²) in [7, 11) is 0. The molecule has 1 aliphatic rings. The molecule has 0 aromatic rings. The first-order valence-electron chi connectivity index (χ1n) is 4.27. The monoisotopic (exact) mass is 206 g/mol. The minimum Gasteiger partial charge on any atom is -0.469 e. The lowest BCUT2D eigenvalue weighted by Crippen LogP contribution is -1.80. The highest BCUT2D eigenvalue weighted by Gasteiger charge is 1.89. The molecule has 0 aromatic carbocycles. The van der Waals surface area contributed by atoms with Crippen molar-refractivity contribution in [2.24, 2.45) is 0 Å². The van der Waals surface area contributed by atoms with E-state index in [-0.39, 0.29) is 7.43 Å². The highest BCUT2D eigenvalue weighted by Crippen LogP contribution is 2.09. The predicted molar refractivity (Wildman–Crippen MR) is 57.5 cm³/mol. The molecular weight excluding hydrogens is 188 g/mol. The maximum Gasteiger partial charge on any atom is 0.401 e. The standard InChI is InChI=1S/C8H14.CHClO2.CH4/c1-2-4-6-8-7-5-3-1;2-1(3)4;/h1-2H,3-8H2;(H,3,4);1H4/b2-1+;;. The minimum atomic E-state index is -1.36. The zero-order valence-corrected chi connectivity index (χ0v) is 7.89. The summed E-state index contributed by atoms with van der Waals surface area (Å²) in [6, 6.07) is 0. The molecule has 0 bridgehead atoms. The highest BCUT2D eigenvalue weighted by atomic mass is 35.5. The second-order valence-electron chi connectivity index (χ2n) is 2.72. The van der Waals surface area contributed by atoms with E-state index in [4.69, 9.17) is 9.90 Å². The summed E-state index contributed by atoms with van der Waals surface area (Å²) in [5.74, 6) is 0. The van der Waals surface area contributed by atoms with E-state index in [2.05, 4.69) is 23.8 Å². The number of rotatable bonds is 0. The van der Waals surface area contributed by atoms with Crippen LogP contribution in [0, 0.1) is 0 Å². The molecule has 1 rings (SSSR count). The van der Waals surface area contributed by atoms with E-state index in [0.29, 0.717) is 0 Å². The molecule has 0 saturated heterocycles. The average Bonchev–Trinajstić information content (AvgIpc) is 1.82. The van der Waals surface area contributed by atoms with E-state index >= 15 is 0 Å². The summed E-state index contributed by atoms with van der Waals surface area (Å²) < 4.78 is 0. The van der Waals surface area contributed by atoms with Crippen LogP contribution in [0.2, 0.25) is 0 Å². The molecule has 0 heterocycles.